The van der Waals surface area contributed by atoms with Gasteiger partial charge in [0.15, 0.2) is 11.5 Å². The lowest BCUT2D eigenvalue weighted by Gasteiger charge is -2.06. The Labute approximate surface area is 167 Å². The van der Waals surface area contributed by atoms with Crippen molar-refractivity contribution in [1.82, 2.24) is 4.98 Å². The van der Waals surface area contributed by atoms with Gasteiger partial charge in [0.1, 0.15) is 0 Å². The van der Waals surface area contributed by atoms with Gasteiger partial charge >= 0.3 is 12.1 Å². The molecule has 0 N–H and O–H groups in total. The van der Waals surface area contributed by atoms with E-state index in [4.69, 9.17) is 9.15 Å². The first-order chi connectivity index (χ1) is 13.7. The lowest BCUT2D eigenvalue weighted by atomic mass is 10.1. The van der Waals surface area contributed by atoms with E-state index in [1.807, 2.05) is 0 Å². The van der Waals surface area contributed by atoms with Crippen molar-refractivity contribution in [3.63, 3.8) is 0 Å². The van der Waals surface area contributed by atoms with Gasteiger partial charge in [0.05, 0.1) is 12.2 Å². The van der Waals surface area contributed by atoms with Crippen LogP contribution < -0.4 is 0 Å². The maximum atomic E-state index is 12.8. The number of nitrogens with zero attached hydrogens (tertiary/aromatic N) is 1. The van der Waals surface area contributed by atoms with E-state index in [2.05, 4.69) is 4.98 Å². The maximum Gasteiger partial charge on any atom is 0.416 e. The Morgan fingerprint density at radius 2 is 1.66 bits per heavy atom. The Balaban J connectivity index is 2.05. The predicted octanol–water partition coefficient (Wildman–Crippen LogP) is 4.94. The zero-order valence-electron chi connectivity index (χ0n) is 15.4. The van der Waals surface area contributed by atoms with Gasteiger partial charge in [-0.05, 0) is 55.5 Å². The van der Waals surface area contributed by atoms with Gasteiger partial charge in [-0.25, -0.2) is 9.78 Å². The Kier molecular flexibility index (Phi) is 5.88. The Bertz CT molecular complexity index is 1040. The molecule has 0 aliphatic rings. The minimum Gasteiger partial charge on any atom is -0.461 e. The standard InChI is InChI=1S/C20H16F3NO4S/c1-3-27-19(25)16-17(12-6-10-15(11-7-12)29(2)26)28-18(24-16)13-4-8-14(9-5-13)20(21,22)23/h4-11H,3H2,1-2H3. The monoisotopic (exact) mass is 423 g/mol. The largest absolute Gasteiger partial charge is 0.461 e. The number of alkyl halides is 3. The van der Waals surface area contributed by atoms with Gasteiger partial charge in [-0.1, -0.05) is 0 Å². The highest BCUT2D eigenvalue weighted by molar-refractivity contribution is 7.84. The third-order valence-electron chi connectivity index (χ3n) is 4.00. The summed E-state index contributed by atoms with van der Waals surface area (Å²) in [6.07, 6.45) is -2.92. The Hall–Kier alpha value is -2.94. The Morgan fingerprint density at radius 1 is 1.07 bits per heavy atom. The molecule has 3 rings (SSSR count). The quantitative estimate of drug-likeness (QED) is 0.544. The van der Waals surface area contributed by atoms with Gasteiger partial charge in [-0.15, -0.1) is 0 Å². The van der Waals surface area contributed by atoms with E-state index in [1.165, 1.54) is 18.4 Å². The van der Waals surface area contributed by atoms with Crippen LogP contribution in [-0.4, -0.2) is 28.0 Å². The first-order valence-corrected chi connectivity index (χ1v) is 10.1. The lowest BCUT2D eigenvalue weighted by molar-refractivity contribution is -0.137. The first kappa shape index (κ1) is 20.8. The molecule has 9 heteroatoms. The van der Waals surface area contributed by atoms with E-state index in [9.17, 15) is 22.2 Å². The van der Waals surface area contributed by atoms with Gasteiger partial charge in [-0.2, -0.15) is 13.2 Å². The molecular formula is C20H16F3NO4S. The molecule has 1 unspecified atom stereocenters. The molecule has 0 amide bonds. The molecule has 0 aliphatic heterocycles. The van der Waals surface area contributed by atoms with Crippen LogP contribution in [0.5, 0.6) is 0 Å². The van der Waals surface area contributed by atoms with Crippen LogP contribution in [-0.2, 0) is 21.7 Å². The van der Waals surface area contributed by atoms with Crippen molar-refractivity contribution in [2.75, 3.05) is 12.9 Å². The van der Waals surface area contributed by atoms with Gasteiger partial charge in [-0.3, -0.25) is 4.21 Å². The number of oxazole rings is 1. The number of hydrogen-bond donors (Lipinski definition) is 0. The third-order valence-corrected chi connectivity index (χ3v) is 4.94. The van der Waals surface area contributed by atoms with Crippen molar-refractivity contribution in [3.8, 4) is 22.8 Å². The summed E-state index contributed by atoms with van der Waals surface area (Å²) >= 11 is 0. The van der Waals surface area contributed by atoms with Crippen LogP contribution in [0.25, 0.3) is 22.8 Å². The predicted molar refractivity (Wildman–Crippen MR) is 101 cm³/mol. The number of halogens is 3. The molecule has 5 nitrogen and oxygen atoms in total. The summed E-state index contributed by atoms with van der Waals surface area (Å²) in [5.41, 5.74) is -0.122. The fraction of sp³-hybridized carbons (Fsp3) is 0.200. The van der Waals surface area contributed by atoms with Gasteiger partial charge in [0.25, 0.3) is 0 Å². The zero-order valence-corrected chi connectivity index (χ0v) is 16.3. The van der Waals surface area contributed by atoms with Crippen LogP contribution in [0.1, 0.15) is 23.0 Å². The molecule has 0 saturated carbocycles. The van der Waals surface area contributed by atoms with Crippen molar-refractivity contribution in [1.29, 1.82) is 0 Å². The third kappa shape index (κ3) is 4.56. The summed E-state index contributed by atoms with van der Waals surface area (Å²) in [6.45, 7) is 1.76. The Morgan fingerprint density at radius 3 is 2.17 bits per heavy atom. The summed E-state index contributed by atoms with van der Waals surface area (Å²) in [7, 11) is -1.17. The zero-order chi connectivity index (χ0) is 21.2. The second kappa shape index (κ2) is 8.20. The number of hydrogen-bond acceptors (Lipinski definition) is 5. The van der Waals surface area contributed by atoms with Gasteiger partial charge in [0, 0.05) is 33.1 Å². The fourth-order valence-corrected chi connectivity index (χ4v) is 3.10. The highest BCUT2D eigenvalue weighted by atomic mass is 32.2. The summed E-state index contributed by atoms with van der Waals surface area (Å²) in [6, 6.07) is 10.8. The summed E-state index contributed by atoms with van der Waals surface area (Å²) in [4.78, 5) is 17.0. The SMILES string of the molecule is CCOC(=O)c1nc(-c2ccc(C(F)(F)F)cc2)oc1-c1ccc(S(C)=O)cc1. The minimum atomic E-state index is -4.46. The van der Waals surface area contributed by atoms with Crippen molar-refractivity contribution in [2.45, 2.75) is 18.0 Å². The van der Waals surface area contributed by atoms with Crippen molar-refractivity contribution < 1.29 is 31.3 Å². The minimum absolute atomic E-state index is 0.0140. The van der Waals surface area contributed by atoms with Gasteiger partial charge < -0.3 is 9.15 Å². The molecule has 0 saturated heterocycles. The van der Waals surface area contributed by atoms with E-state index in [1.54, 1.807) is 31.2 Å². The summed E-state index contributed by atoms with van der Waals surface area (Å²) in [5.74, 6) is -0.612. The van der Waals surface area contributed by atoms with E-state index < -0.39 is 28.5 Å². The molecule has 0 spiro atoms. The van der Waals surface area contributed by atoms with Crippen molar-refractivity contribution in [2.24, 2.45) is 0 Å². The number of aromatic nitrogens is 1. The maximum absolute atomic E-state index is 12.8. The van der Waals surface area contributed by atoms with Crippen LogP contribution in [0.4, 0.5) is 13.2 Å². The number of ether oxygens (including phenoxy) is 1. The fourth-order valence-electron chi connectivity index (χ4n) is 2.58. The molecule has 152 valence electrons. The second-order valence-electron chi connectivity index (χ2n) is 5.97. The smallest absolute Gasteiger partial charge is 0.416 e. The topological polar surface area (TPSA) is 69.4 Å². The van der Waals surface area contributed by atoms with Crippen LogP contribution >= 0.6 is 0 Å². The van der Waals surface area contributed by atoms with E-state index in [0.717, 1.165) is 12.1 Å². The molecule has 3 aromatic rings. The van der Waals surface area contributed by atoms with E-state index in [-0.39, 0.29) is 29.5 Å². The van der Waals surface area contributed by atoms with Gasteiger partial charge in [0.2, 0.25) is 5.89 Å². The van der Waals surface area contributed by atoms with Crippen LogP contribution in [0, 0.1) is 0 Å². The number of carbonyl (C=O) groups is 1. The molecule has 1 aromatic heterocycles. The van der Waals surface area contributed by atoms with E-state index in [0.29, 0.717) is 10.5 Å². The normalized spacial score (nSPS) is 12.6. The molecule has 0 radical (unpaired) electrons. The number of esters is 1. The lowest BCUT2D eigenvalue weighted by Crippen LogP contribution is -2.06. The van der Waals surface area contributed by atoms with Crippen LogP contribution in [0.2, 0.25) is 0 Å². The average Bonchev–Trinajstić information content (AvgIpc) is 3.13. The number of rotatable bonds is 5. The number of benzene rings is 2. The average molecular weight is 423 g/mol. The number of carbonyl (C=O) groups excluding carboxylic acids is 1. The summed E-state index contributed by atoms with van der Waals surface area (Å²) in [5, 5.41) is 0. The molecule has 0 bridgehead atoms. The molecule has 0 aliphatic carbocycles. The molecule has 29 heavy (non-hydrogen) atoms. The van der Waals surface area contributed by atoms with Crippen LogP contribution in [0.3, 0.4) is 0 Å². The molecule has 2 aromatic carbocycles. The molecule has 1 atom stereocenters. The van der Waals surface area contributed by atoms with E-state index >= 15 is 0 Å². The van der Waals surface area contributed by atoms with Crippen molar-refractivity contribution in [3.05, 3.63) is 59.8 Å². The first-order valence-electron chi connectivity index (χ1n) is 8.50. The summed E-state index contributed by atoms with van der Waals surface area (Å²) < 4.78 is 60.6. The molecule has 0 fully saturated rings. The second-order valence-corrected chi connectivity index (χ2v) is 7.35. The molecule has 1 heterocycles. The highest BCUT2D eigenvalue weighted by Crippen LogP contribution is 2.33. The van der Waals surface area contributed by atoms with Crippen molar-refractivity contribution >= 4 is 16.8 Å². The van der Waals surface area contributed by atoms with Crippen LogP contribution in [0.15, 0.2) is 57.8 Å². The molecular weight excluding hydrogens is 407 g/mol. The highest BCUT2D eigenvalue weighted by Gasteiger charge is 2.30.